The van der Waals surface area contributed by atoms with E-state index in [2.05, 4.69) is 72.1 Å². The van der Waals surface area contributed by atoms with Gasteiger partial charge in [-0.15, -0.1) is 0 Å². The second-order valence-electron chi connectivity index (χ2n) is 10.5. The normalized spacial score (nSPS) is 22.0. The van der Waals surface area contributed by atoms with E-state index in [0.29, 0.717) is 6.04 Å². The third kappa shape index (κ3) is 4.45. The molecule has 0 aromatic carbocycles. The highest BCUT2D eigenvalue weighted by molar-refractivity contribution is 5.03. The monoisotopic (exact) mass is 370 g/mol. The molecular formula is C22H46N2O2. The standard InChI is InChI=1S/C22H46N2O2/c1-12-18-15-23(21(6,7)19(2,3)16-25-10)13-14-24(18)22(8,9)20(4,5)17-26-11/h18H,12-17H2,1-11H3/t18-/m1/s1. The van der Waals surface area contributed by atoms with Crippen molar-refractivity contribution in [3.8, 4) is 0 Å². The van der Waals surface area contributed by atoms with Gasteiger partial charge in [0, 0.05) is 61.8 Å². The molecule has 0 aromatic heterocycles. The highest BCUT2D eigenvalue weighted by Gasteiger charge is 2.49. The number of piperazine rings is 1. The topological polar surface area (TPSA) is 24.9 Å². The molecule has 4 heteroatoms. The Labute approximate surface area is 163 Å². The average molecular weight is 371 g/mol. The maximum absolute atomic E-state index is 5.55. The Kier molecular flexibility index (Phi) is 7.77. The van der Waals surface area contributed by atoms with Gasteiger partial charge in [-0.25, -0.2) is 0 Å². The van der Waals surface area contributed by atoms with Gasteiger partial charge >= 0.3 is 0 Å². The van der Waals surface area contributed by atoms with E-state index in [4.69, 9.17) is 9.47 Å². The molecule has 0 N–H and O–H groups in total. The summed E-state index contributed by atoms with van der Waals surface area (Å²) in [5.41, 5.74) is 0.381. The Bertz CT molecular complexity index is 443. The zero-order chi connectivity index (χ0) is 20.4. The summed E-state index contributed by atoms with van der Waals surface area (Å²) in [5, 5.41) is 0. The second kappa shape index (κ2) is 8.46. The fraction of sp³-hybridized carbons (Fsp3) is 1.00. The lowest BCUT2D eigenvalue weighted by Gasteiger charge is -2.59. The smallest absolute Gasteiger partial charge is 0.0530 e. The van der Waals surface area contributed by atoms with E-state index in [1.165, 1.54) is 6.42 Å². The van der Waals surface area contributed by atoms with Crippen molar-refractivity contribution in [2.75, 3.05) is 47.1 Å². The highest BCUT2D eigenvalue weighted by Crippen LogP contribution is 2.42. The summed E-state index contributed by atoms with van der Waals surface area (Å²) in [6.45, 7) is 26.1. The number of hydrogen-bond donors (Lipinski definition) is 0. The minimum absolute atomic E-state index is 0.0853. The molecule has 0 unspecified atom stereocenters. The lowest BCUT2D eigenvalue weighted by Crippen LogP contribution is -2.69. The van der Waals surface area contributed by atoms with Gasteiger partial charge in [0.25, 0.3) is 0 Å². The van der Waals surface area contributed by atoms with Crippen LogP contribution >= 0.6 is 0 Å². The molecule has 0 bridgehead atoms. The third-order valence-electron chi connectivity index (χ3n) is 7.79. The molecule has 1 aliphatic heterocycles. The van der Waals surface area contributed by atoms with Crippen LogP contribution in [0.25, 0.3) is 0 Å². The fourth-order valence-electron chi connectivity index (χ4n) is 4.34. The first-order valence-corrected chi connectivity index (χ1v) is 10.3. The van der Waals surface area contributed by atoms with Gasteiger partial charge in [-0.3, -0.25) is 9.80 Å². The molecular weight excluding hydrogens is 324 g/mol. The van der Waals surface area contributed by atoms with Gasteiger partial charge in [0.15, 0.2) is 0 Å². The van der Waals surface area contributed by atoms with Crippen molar-refractivity contribution < 1.29 is 9.47 Å². The first kappa shape index (κ1) is 23.9. The minimum atomic E-state index is 0.0853. The number of methoxy groups -OCH3 is 2. The Morgan fingerprint density at radius 2 is 1.23 bits per heavy atom. The van der Waals surface area contributed by atoms with E-state index in [0.717, 1.165) is 32.8 Å². The predicted molar refractivity (Wildman–Crippen MR) is 112 cm³/mol. The van der Waals surface area contributed by atoms with Crippen LogP contribution in [-0.2, 0) is 9.47 Å². The van der Waals surface area contributed by atoms with E-state index in [1.54, 1.807) is 0 Å². The van der Waals surface area contributed by atoms with E-state index < -0.39 is 0 Å². The summed E-state index contributed by atoms with van der Waals surface area (Å²) in [5.74, 6) is 0. The molecule has 0 saturated carbocycles. The summed E-state index contributed by atoms with van der Waals surface area (Å²) < 4.78 is 11.1. The Morgan fingerprint density at radius 3 is 1.65 bits per heavy atom. The zero-order valence-electron chi connectivity index (χ0n) is 19.5. The van der Waals surface area contributed by atoms with Gasteiger partial charge < -0.3 is 9.47 Å². The van der Waals surface area contributed by atoms with Gasteiger partial charge in [0.2, 0.25) is 0 Å². The van der Waals surface area contributed by atoms with Crippen molar-refractivity contribution in [1.29, 1.82) is 0 Å². The van der Waals surface area contributed by atoms with Crippen LogP contribution in [0.5, 0.6) is 0 Å². The molecule has 1 fully saturated rings. The van der Waals surface area contributed by atoms with E-state index in [1.807, 2.05) is 14.2 Å². The van der Waals surface area contributed by atoms with Crippen molar-refractivity contribution in [2.45, 2.75) is 85.9 Å². The Hall–Kier alpha value is -0.160. The fourth-order valence-corrected chi connectivity index (χ4v) is 4.34. The molecule has 1 rings (SSSR count). The van der Waals surface area contributed by atoms with Crippen molar-refractivity contribution in [2.24, 2.45) is 10.8 Å². The van der Waals surface area contributed by atoms with Gasteiger partial charge in [-0.1, -0.05) is 34.6 Å². The number of hydrogen-bond acceptors (Lipinski definition) is 4. The number of rotatable bonds is 9. The first-order chi connectivity index (χ1) is 11.8. The third-order valence-corrected chi connectivity index (χ3v) is 7.79. The van der Waals surface area contributed by atoms with E-state index in [-0.39, 0.29) is 21.9 Å². The molecule has 1 aliphatic rings. The average Bonchev–Trinajstić information content (AvgIpc) is 2.53. The molecule has 1 saturated heterocycles. The van der Waals surface area contributed by atoms with E-state index in [9.17, 15) is 0 Å². The molecule has 0 aliphatic carbocycles. The van der Waals surface area contributed by atoms with Crippen LogP contribution in [-0.4, -0.2) is 74.0 Å². The summed E-state index contributed by atoms with van der Waals surface area (Å²) in [7, 11) is 3.62. The molecule has 1 atom stereocenters. The first-order valence-electron chi connectivity index (χ1n) is 10.3. The largest absolute Gasteiger partial charge is 0.384 e. The summed E-state index contributed by atoms with van der Waals surface area (Å²) in [4.78, 5) is 5.43. The van der Waals surface area contributed by atoms with Crippen LogP contribution in [0.2, 0.25) is 0 Å². The molecule has 0 amide bonds. The zero-order valence-corrected chi connectivity index (χ0v) is 19.5. The van der Waals surface area contributed by atoms with E-state index >= 15 is 0 Å². The van der Waals surface area contributed by atoms with Crippen LogP contribution in [0.3, 0.4) is 0 Å². The Morgan fingerprint density at radius 1 is 0.769 bits per heavy atom. The predicted octanol–water partition coefficient (Wildman–Crippen LogP) is 4.29. The van der Waals surface area contributed by atoms with Gasteiger partial charge in [0.1, 0.15) is 0 Å². The van der Waals surface area contributed by atoms with Crippen molar-refractivity contribution >= 4 is 0 Å². The SMILES string of the molecule is CC[C@@H]1CN(C(C)(C)C(C)(C)COC)CCN1C(C)(C)C(C)(C)COC. The molecule has 0 aromatic rings. The van der Waals surface area contributed by atoms with Gasteiger partial charge in [-0.2, -0.15) is 0 Å². The van der Waals surface area contributed by atoms with Crippen LogP contribution < -0.4 is 0 Å². The summed E-state index contributed by atoms with van der Waals surface area (Å²) in [6, 6.07) is 0.563. The van der Waals surface area contributed by atoms with Crippen LogP contribution in [0.1, 0.15) is 68.7 Å². The maximum atomic E-state index is 5.55. The highest BCUT2D eigenvalue weighted by atomic mass is 16.5. The molecule has 0 spiro atoms. The van der Waals surface area contributed by atoms with Gasteiger partial charge in [-0.05, 0) is 34.1 Å². The van der Waals surface area contributed by atoms with Gasteiger partial charge in [0.05, 0.1) is 13.2 Å². The molecule has 0 radical (unpaired) electrons. The number of ether oxygens (including phenoxy) is 2. The number of nitrogens with zero attached hydrogens (tertiary/aromatic N) is 2. The van der Waals surface area contributed by atoms with Crippen LogP contribution in [0.15, 0.2) is 0 Å². The summed E-state index contributed by atoms with van der Waals surface area (Å²) >= 11 is 0. The van der Waals surface area contributed by atoms with Crippen LogP contribution in [0.4, 0.5) is 0 Å². The molecule has 26 heavy (non-hydrogen) atoms. The quantitative estimate of drug-likeness (QED) is 0.605. The molecule has 156 valence electrons. The lowest BCUT2D eigenvalue weighted by atomic mass is 9.71. The van der Waals surface area contributed by atoms with Crippen molar-refractivity contribution in [3.05, 3.63) is 0 Å². The van der Waals surface area contributed by atoms with Crippen molar-refractivity contribution in [1.82, 2.24) is 9.80 Å². The van der Waals surface area contributed by atoms with Crippen LogP contribution in [0, 0.1) is 10.8 Å². The lowest BCUT2D eigenvalue weighted by molar-refractivity contribution is -0.115. The minimum Gasteiger partial charge on any atom is -0.384 e. The molecule has 1 heterocycles. The van der Waals surface area contributed by atoms with Crippen molar-refractivity contribution in [3.63, 3.8) is 0 Å². The maximum Gasteiger partial charge on any atom is 0.0530 e. The molecule has 4 nitrogen and oxygen atoms in total. The Balaban J connectivity index is 3.03. The second-order valence-corrected chi connectivity index (χ2v) is 10.5. The summed E-state index contributed by atoms with van der Waals surface area (Å²) in [6.07, 6.45) is 1.17.